The molecule has 2 aromatic carbocycles. The number of nitrogens with one attached hydrogen (secondary N) is 1. The molecule has 0 atom stereocenters. The van der Waals surface area contributed by atoms with Crippen LogP contribution in [-0.2, 0) is 4.79 Å². The van der Waals surface area contributed by atoms with Gasteiger partial charge in [-0.1, -0.05) is 30.3 Å². The SMILES string of the molecule is CN(C(=O)C1CCNCC1)c1ccc2ccccc2c1. The second-order valence-corrected chi connectivity index (χ2v) is 5.45. The molecule has 0 unspecified atom stereocenters. The van der Waals surface area contributed by atoms with Gasteiger partial charge in [-0.05, 0) is 48.8 Å². The van der Waals surface area contributed by atoms with Gasteiger partial charge in [-0.25, -0.2) is 0 Å². The van der Waals surface area contributed by atoms with Crippen LogP contribution in [0.4, 0.5) is 5.69 Å². The van der Waals surface area contributed by atoms with E-state index in [0.29, 0.717) is 0 Å². The number of piperidine rings is 1. The normalized spacial score (nSPS) is 16.2. The number of hydrogen-bond acceptors (Lipinski definition) is 2. The van der Waals surface area contributed by atoms with E-state index in [2.05, 4.69) is 29.6 Å². The Morgan fingerprint density at radius 1 is 1.10 bits per heavy atom. The molecule has 1 amide bonds. The van der Waals surface area contributed by atoms with Crippen LogP contribution < -0.4 is 10.2 Å². The summed E-state index contributed by atoms with van der Waals surface area (Å²) in [5, 5.41) is 5.68. The van der Waals surface area contributed by atoms with Crippen molar-refractivity contribution in [3.63, 3.8) is 0 Å². The minimum absolute atomic E-state index is 0.160. The maximum atomic E-state index is 12.5. The fourth-order valence-electron chi connectivity index (χ4n) is 2.86. The molecule has 0 aromatic heterocycles. The van der Waals surface area contributed by atoms with Crippen molar-refractivity contribution in [2.24, 2.45) is 5.92 Å². The molecule has 2 aromatic rings. The van der Waals surface area contributed by atoms with Crippen LogP contribution in [0.1, 0.15) is 12.8 Å². The molecule has 1 N–H and O–H groups in total. The maximum absolute atomic E-state index is 12.5. The van der Waals surface area contributed by atoms with Crippen LogP contribution in [0.25, 0.3) is 10.8 Å². The molecule has 3 nitrogen and oxygen atoms in total. The van der Waals surface area contributed by atoms with E-state index in [-0.39, 0.29) is 11.8 Å². The predicted octanol–water partition coefficient (Wildman–Crippen LogP) is 2.80. The minimum Gasteiger partial charge on any atom is -0.317 e. The minimum atomic E-state index is 0.160. The van der Waals surface area contributed by atoms with Crippen molar-refractivity contribution in [3.8, 4) is 0 Å². The first-order valence-corrected chi connectivity index (χ1v) is 7.23. The molecular formula is C17H20N2O. The summed E-state index contributed by atoms with van der Waals surface area (Å²) in [5.41, 5.74) is 0.979. The molecule has 3 rings (SSSR count). The highest BCUT2D eigenvalue weighted by molar-refractivity contribution is 5.97. The van der Waals surface area contributed by atoms with Gasteiger partial charge in [-0.15, -0.1) is 0 Å². The number of anilines is 1. The molecule has 0 saturated carbocycles. The Morgan fingerprint density at radius 2 is 1.80 bits per heavy atom. The number of hydrogen-bond donors (Lipinski definition) is 1. The average molecular weight is 268 g/mol. The molecular weight excluding hydrogens is 248 g/mol. The van der Waals surface area contributed by atoms with Crippen molar-refractivity contribution in [3.05, 3.63) is 42.5 Å². The van der Waals surface area contributed by atoms with E-state index >= 15 is 0 Å². The van der Waals surface area contributed by atoms with E-state index in [0.717, 1.165) is 31.6 Å². The largest absolute Gasteiger partial charge is 0.317 e. The third-order valence-electron chi connectivity index (χ3n) is 4.14. The average Bonchev–Trinajstić information content (AvgIpc) is 2.54. The van der Waals surface area contributed by atoms with Crippen LogP contribution in [0.3, 0.4) is 0 Å². The topological polar surface area (TPSA) is 32.3 Å². The quantitative estimate of drug-likeness (QED) is 0.908. The molecule has 0 bridgehead atoms. The zero-order valence-electron chi connectivity index (χ0n) is 11.8. The van der Waals surface area contributed by atoms with Crippen LogP contribution in [0.2, 0.25) is 0 Å². The number of fused-ring (bicyclic) bond motifs is 1. The summed E-state index contributed by atoms with van der Waals surface area (Å²) >= 11 is 0. The molecule has 0 aliphatic carbocycles. The third kappa shape index (κ3) is 2.54. The molecule has 1 saturated heterocycles. The Labute approximate surface area is 119 Å². The summed E-state index contributed by atoms with van der Waals surface area (Å²) in [6.07, 6.45) is 1.88. The van der Waals surface area contributed by atoms with Gasteiger partial charge in [0.05, 0.1) is 0 Å². The molecule has 104 valence electrons. The molecule has 20 heavy (non-hydrogen) atoms. The number of benzene rings is 2. The Bertz CT molecular complexity index is 617. The van der Waals surface area contributed by atoms with Crippen molar-refractivity contribution in [2.45, 2.75) is 12.8 Å². The van der Waals surface area contributed by atoms with Crippen LogP contribution in [0.15, 0.2) is 42.5 Å². The fraction of sp³-hybridized carbons (Fsp3) is 0.353. The highest BCUT2D eigenvalue weighted by Gasteiger charge is 2.24. The van der Waals surface area contributed by atoms with Crippen LogP contribution in [0, 0.1) is 5.92 Å². The van der Waals surface area contributed by atoms with Gasteiger partial charge < -0.3 is 10.2 Å². The summed E-state index contributed by atoms with van der Waals surface area (Å²) in [6, 6.07) is 14.4. The molecule has 1 fully saturated rings. The summed E-state index contributed by atoms with van der Waals surface area (Å²) in [6.45, 7) is 1.89. The van der Waals surface area contributed by atoms with Crippen LogP contribution >= 0.6 is 0 Å². The second-order valence-electron chi connectivity index (χ2n) is 5.45. The number of nitrogens with zero attached hydrogens (tertiary/aromatic N) is 1. The van der Waals surface area contributed by atoms with E-state index in [1.165, 1.54) is 10.8 Å². The molecule has 1 aliphatic heterocycles. The smallest absolute Gasteiger partial charge is 0.229 e. The van der Waals surface area contributed by atoms with Gasteiger partial charge in [-0.3, -0.25) is 4.79 Å². The number of carbonyl (C=O) groups excluding carboxylic acids is 1. The van der Waals surface area contributed by atoms with E-state index in [1.54, 1.807) is 0 Å². The lowest BCUT2D eigenvalue weighted by Gasteiger charge is -2.27. The lowest BCUT2D eigenvalue weighted by atomic mass is 9.96. The van der Waals surface area contributed by atoms with Crippen molar-refractivity contribution < 1.29 is 4.79 Å². The molecule has 0 radical (unpaired) electrons. The summed E-state index contributed by atoms with van der Waals surface area (Å²) in [7, 11) is 1.88. The number of amides is 1. The number of rotatable bonds is 2. The van der Waals surface area contributed by atoms with Crippen molar-refractivity contribution >= 4 is 22.4 Å². The lowest BCUT2D eigenvalue weighted by Crippen LogP contribution is -2.39. The standard InChI is InChI=1S/C17H20N2O/c1-19(17(20)14-8-10-18-11-9-14)16-7-6-13-4-2-3-5-15(13)12-16/h2-7,12,14,18H,8-11H2,1H3. The van der Waals surface area contributed by atoms with E-state index < -0.39 is 0 Å². The number of carbonyl (C=O) groups is 1. The van der Waals surface area contributed by atoms with Gasteiger partial charge in [0.15, 0.2) is 0 Å². The van der Waals surface area contributed by atoms with E-state index in [4.69, 9.17) is 0 Å². The van der Waals surface area contributed by atoms with Gasteiger partial charge in [-0.2, -0.15) is 0 Å². The Balaban J connectivity index is 1.83. The van der Waals surface area contributed by atoms with Crippen molar-refractivity contribution in [1.82, 2.24) is 5.32 Å². The van der Waals surface area contributed by atoms with Gasteiger partial charge in [0.2, 0.25) is 5.91 Å². The van der Waals surface area contributed by atoms with E-state index in [1.807, 2.05) is 30.1 Å². The van der Waals surface area contributed by atoms with Gasteiger partial charge in [0.25, 0.3) is 0 Å². The van der Waals surface area contributed by atoms with Gasteiger partial charge in [0, 0.05) is 18.7 Å². The summed E-state index contributed by atoms with van der Waals surface area (Å²) in [4.78, 5) is 14.3. The third-order valence-corrected chi connectivity index (χ3v) is 4.14. The van der Waals surface area contributed by atoms with Crippen LogP contribution in [-0.4, -0.2) is 26.0 Å². The Kier molecular flexibility index (Phi) is 3.70. The summed E-state index contributed by atoms with van der Waals surface area (Å²) < 4.78 is 0. The Hall–Kier alpha value is -1.87. The van der Waals surface area contributed by atoms with Gasteiger partial charge in [0.1, 0.15) is 0 Å². The molecule has 3 heteroatoms. The highest BCUT2D eigenvalue weighted by Crippen LogP contribution is 2.24. The first-order chi connectivity index (χ1) is 9.75. The first-order valence-electron chi connectivity index (χ1n) is 7.23. The van der Waals surface area contributed by atoms with Crippen molar-refractivity contribution in [2.75, 3.05) is 25.0 Å². The van der Waals surface area contributed by atoms with Crippen LogP contribution in [0.5, 0.6) is 0 Å². The Morgan fingerprint density at radius 3 is 2.55 bits per heavy atom. The molecule has 1 aliphatic rings. The predicted molar refractivity (Wildman–Crippen MR) is 83.0 cm³/mol. The maximum Gasteiger partial charge on any atom is 0.229 e. The van der Waals surface area contributed by atoms with E-state index in [9.17, 15) is 4.79 Å². The molecule has 0 spiro atoms. The van der Waals surface area contributed by atoms with Gasteiger partial charge >= 0.3 is 0 Å². The lowest BCUT2D eigenvalue weighted by molar-refractivity contribution is -0.122. The highest BCUT2D eigenvalue weighted by atomic mass is 16.2. The monoisotopic (exact) mass is 268 g/mol. The summed E-state index contributed by atoms with van der Waals surface area (Å²) in [5.74, 6) is 0.398. The van der Waals surface area contributed by atoms with Crippen molar-refractivity contribution in [1.29, 1.82) is 0 Å². The molecule has 1 heterocycles. The zero-order valence-corrected chi connectivity index (χ0v) is 11.8. The second kappa shape index (κ2) is 5.63. The zero-order chi connectivity index (χ0) is 13.9. The first kappa shape index (κ1) is 13.1. The fourth-order valence-corrected chi connectivity index (χ4v) is 2.86.